The number of nitrogens with one attached hydrogen (secondary N) is 1. The number of ether oxygens (including phenoxy) is 3. The maximum absolute atomic E-state index is 6.04. The fourth-order valence-corrected chi connectivity index (χ4v) is 3.79. The second-order valence-corrected chi connectivity index (χ2v) is 8.31. The van der Waals surface area contributed by atoms with Crippen molar-refractivity contribution in [1.29, 1.82) is 0 Å². The lowest BCUT2D eigenvalue weighted by molar-refractivity contribution is 0.0320. The van der Waals surface area contributed by atoms with E-state index in [9.17, 15) is 0 Å². The maximum atomic E-state index is 6.04. The molecule has 3 heterocycles. The number of nitrogens with zero attached hydrogens (tertiary/aromatic N) is 5. The number of morpholine rings is 2. The van der Waals surface area contributed by atoms with Gasteiger partial charge in [0.15, 0.2) is 5.82 Å². The van der Waals surface area contributed by atoms with E-state index >= 15 is 0 Å². The molecule has 2 fully saturated rings. The predicted molar refractivity (Wildman–Crippen MR) is 132 cm³/mol. The number of hydrogen-bond donors (Lipinski definition) is 1. The SMILES string of the molecule is CN(C)c1cccc(C=NNc2cc(N3CCOCC3)cc(OCCN3CCOCC3)n2)c1. The average Bonchev–Trinajstić information content (AvgIpc) is 2.85. The van der Waals surface area contributed by atoms with Crippen molar-refractivity contribution in [2.75, 3.05) is 95.1 Å². The van der Waals surface area contributed by atoms with E-state index in [1.165, 1.54) is 0 Å². The Morgan fingerprint density at radius 1 is 1.06 bits per heavy atom. The standard InChI is InChI=1S/C24H34N6O3/c1-28(2)21-5-3-4-20(16-21)19-25-27-23-17-22(30-9-13-32-14-10-30)18-24(26-23)33-15-8-29-6-11-31-12-7-29/h3-5,16-19H,6-15H2,1-2H3,(H,26,27). The molecule has 9 heteroatoms. The Bertz CT molecular complexity index is 911. The fraction of sp³-hybridized carbons (Fsp3) is 0.500. The fourth-order valence-electron chi connectivity index (χ4n) is 3.79. The molecule has 1 aromatic carbocycles. The minimum Gasteiger partial charge on any atom is -0.476 e. The van der Waals surface area contributed by atoms with Gasteiger partial charge >= 0.3 is 0 Å². The number of hydrazone groups is 1. The van der Waals surface area contributed by atoms with Crippen LogP contribution in [0.1, 0.15) is 5.56 Å². The van der Waals surface area contributed by atoms with E-state index in [2.05, 4.69) is 42.3 Å². The van der Waals surface area contributed by atoms with Crippen LogP contribution in [-0.4, -0.2) is 96.0 Å². The molecule has 1 N–H and O–H groups in total. The van der Waals surface area contributed by atoms with Crippen LogP contribution in [0.15, 0.2) is 41.5 Å². The molecule has 0 aliphatic carbocycles. The summed E-state index contributed by atoms with van der Waals surface area (Å²) >= 11 is 0. The molecule has 0 unspecified atom stereocenters. The van der Waals surface area contributed by atoms with Crippen LogP contribution in [0.3, 0.4) is 0 Å². The zero-order valence-corrected chi connectivity index (χ0v) is 19.6. The highest BCUT2D eigenvalue weighted by Crippen LogP contribution is 2.25. The first-order valence-corrected chi connectivity index (χ1v) is 11.5. The summed E-state index contributed by atoms with van der Waals surface area (Å²) < 4.78 is 17.0. The number of anilines is 3. The van der Waals surface area contributed by atoms with Gasteiger partial charge in [0.2, 0.25) is 5.88 Å². The summed E-state index contributed by atoms with van der Waals surface area (Å²) in [6.07, 6.45) is 1.80. The maximum Gasteiger partial charge on any atom is 0.217 e. The molecule has 0 amide bonds. The summed E-state index contributed by atoms with van der Waals surface area (Å²) in [5.41, 5.74) is 6.28. The van der Waals surface area contributed by atoms with Crippen molar-refractivity contribution < 1.29 is 14.2 Å². The molecule has 33 heavy (non-hydrogen) atoms. The summed E-state index contributed by atoms with van der Waals surface area (Å²) in [5.74, 6) is 1.25. The highest BCUT2D eigenvalue weighted by atomic mass is 16.5. The van der Waals surface area contributed by atoms with Gasteiger partial charge in [-0.3, -0.25) is 10.3 Å². The summed E-state index contributed by atoms with van der Waals surface area (Å²) in [6, 6.07) is 12.2. The first kappa shape index (κ1) is 23.3. The lowest BCUT2D eigenvalue weighted by Gasteiger charge is -2.29. The van der Waals surface area contributed by atoms with Gasteiger partial charge in [-0.1, -0.05) is 12.1 Å². The molecule has 2 aliphatic heterocycles. The first-order chi connectivity index (χ1) is 16.2. The number of aromatic nitrogens is 1. The highest BCUT2D eigenvalue weighted by Gasteiger charge is 2.15. The van der Waals surface area contributed by atoms with Gasteiger partial charge in [0.1, 0.15) is 6.61 Å². The quantitative estimate of drug-likeness (QED) is 0.456. The Balaban J connectivity index is 1.43. The molecular weight excluding hydrogens is 420 g/mol. The largest absolute Gasteiger partial charge is 0.476 e. The second kappa shape index (κ2) is 11.8. The van der Waals surface area contributed by atoms with E-state index in [0.717, 1.165) is 76.1 Å². The molecule has 178 valence electrons. The van der Waals surface area contributed by atoms with Gasteiger partial charge < -0.3 is 24.0 Å². The Morgan fingerprint density at radius 2 is 1.82 bits per heavy atom. The van der Waals surface area contributed by atoms with Crippen LogP contribution in [0.4, 0.5) is 17.2 Å². The molecule has 9 nitrogen and oxygen atoms in total. The molecule has 0 radical (unpaired) electrons. The van der Waals surface area contributed by atoms with Crippen molar-refractivity contribution >= 4 is 23.4 Å². The third-order valence-corrected chi connectivity index (χ3v) is 5.70. The van der Waals surface area contributed by atoms with Gasteiger partial charge in [0, 0.05) is 70.3 Å². The van der Waals surface area contributed by atoms with Crippen LogP contribution < -0.4 is 20.0 Å². The zero-order chi connectivity index (χ0) is 22.9. The predicted octanol–water partition coefficient (Wildman–Crippen LogP) is 2.14. The van der Waals surface area contributed by atoms with Gasteiger partial charge in [0.25, 0.3) is 0 Å². The summed E-state index contributed by atoms with van der Waals surface area (Å²) in [5, 5.41) is 4.42. The molecule has 0 bridgehead atoms. The Hall–Kier alpha value is -2.88. The minimum atomic E-state index is 0.583. The normalized spacial score (nSPS) is 17.3. The van der Waals surface area contributed by atoms with Crippen LogP contribution in [0.5, 0.6) is 5.88 Å². The molecule has 1 aromatic heterocycles. The third kappa shape index (κ3) is 7.05. The molecule has 0 saturated carbocycles. The van der Waals surface area contributed by atoms with E-state index in [1.807, 2.05) is 38.4 Å². The molecular formula is C24H34N6O3. The summed E-state index contributed by atoms with van der Waals surface area (Å²) in [6.45, 7) is 8.03. The zero-order valence-electron chi connectivity index (χ0n) is 19.6. The lowest BCUT2D eigenvalue weighted by atomic mass is 10.2. The third-order valence-electron chi connectivity index (χ3n) is 5.70. The van der Waals surface area contributed by atoms with Crippen LogP contribution >= 0.6 is 0 Å². The topological polar surface area (TPSA) is 74.7 Å². The second-order valence-electron chi connectivity index (χ2n) is 8.31. The van der Waals surface area contributed by atoms with E-state index < -0.39 is 0 Å². The van der Waals surface area contributed by atoms with E-state index in [0.29, 0.717) is 18.3 Å². The van der Waals surface area contributed by atoms with Gasteiger partial charge in [0.05, 0.1) is 32.6 Å². The highest BCUT2D eigenvalue weighted by molar-refractivity contribution is 5.82. The molecule has 2 aliphatic rings. The van der Waals surface area contributed by atoms with Crippen LogP contribution in [0.2, 0.25) is 0 Å². The van der Waals surface area contributed by atoms with Crippen LogP contribution in [0.25, 0.3) is 0 Å². The molecule has 4 rings (SSSR count). The monoisotopic (exact) mass is 454 g/mol. The van der Waals surface area contributed by atoms with Crippen molar-refractivity contribution in [2.24, 2.45) is 5.10 Å². The van der Waals surface area contributed by atoms with Gasteiger partial charge in [-0.2, -0.15) is 10.1 Å². The number of benzene rings is 1. The minimum absolute atomic E-state index is 0.583. The van der Waals surface area contributed by atoms with E-state index in [4.69, 9.17) is 14.2 Å². The van der Waals surface area contributed by atoms with Crippen molar-refractivity contribution in [3.05, 3.63) is 42.0 Å². The average molecular weight is 455 g/mol. The van der Waals surface area contributed by atoms with Gasteiger partial charge in [-0.05, 0) is 17.7 Å². The first-order valence-electron chi connectivity index (χ1n) is 11.5. The number of hydrogen-bond acceptors (Lipinski definition) is 9. The Labute approximate surface area is 195 Å². The van der Waals surface area contributed by atoms with E-state index in [-0.39, 0.29) is 0 Å². The van der Waals surface area contributed by atoms with Gasteiger partial charge in [-0.15, -0.1) is 0 Å². The lowest BCUT2D eigenvalue weighted by Crippen LogP contribution is -2.38. The van der Waals surface area contributed by atoms with Crippen molar-refractivity contribution in [2.45, 2.75) is 0 Å². The summed E-state index contributed by atoms with van der Waals surface area (Å²) in [4.78, 5) is 11.3. The van der Waals surface area contributed by atoms with Crippen molar-refractivity contribution in [3.63, 3.8) is 0 Å². The van der Waals surface area contributed by atoms with Crippen LogP contribution in [-0.2, 0) is 9.47 Å². The molecule has 0 atom stereocenters. The smallest absolute Gasteiger partial charge is 0.217 e. The Morgan fingerprint density at radius 3 is 2.58 bits per heavy atom. The van der Waals surface area contributed by atoms with Crippen molar-refractivity contribution in [3.8, 4) is 5.88 Å². The molecule has 2 aromatic rings. The number of pyridine rings is 1. The van der Waals surface area contributed by atoms with Crippen LogP contribution in [0, 0.1) is 0 Å². The number of rotatable bonds is 9. The molecule has 2 saturated heterocycles. The Kier molecular flexibility index (Phi) is 8.35. The van der Waals surface area contributed by atoms with Gasteiger partial charge in [-0.25, -0.2) is 0 Å². The van der Waals surface area contributed by atoms with E-state index in [1.54, 1.807) is 6.21 Å². The van der Waals surface area contributed by atoms with Crippen molar-refractivity contribution in [1.82, 2.24) is 9.88 Å². The molecule has 0 spiro atoms. The summed E-state index contributed by atoms with van der Waals surface area (Å²) in [7, 11) is 4.05.